The lowest BCUT2D eigenvalue weighted by atomic mass is 10.1. The quantitative estimate of drug-likeness (QED) is 0.833. The third kappa shape index (κ3) is 2.16. The van der Waals surface area contributed by atoms with E-state index in [-0.39, 0.29) is 11.1 Å². The molecule has 2 aliphatic rings. The molecule has 2 aromatic rings. The molecule has 6 heteroatoms. The van der Waals surface area contributed by atoms with E-state index in [4.69, 9.17) is 4.74 Å². The van der Waals surface area contributed by atoms with Gasteiger partial charge in [0.05, 0.1) is 18.9 Å². The summed E-state index contributed by atoms with van der Waals surface area (Å²) in [7, 11) is 0. The Labute approximate surface area is 129 Å². The molecule has 3 heterocycles. The highest BCUT2D eigenvalue weighted by Crippen LogP contribution is 2.29. The third-order valence-corrected chi connectivity index (χ3v) is 4.59. The van der Waals surface area contributed by atoms with Gasteiger partial charge in [-0.05, 0) is 13.0 Å². The van der Waals surface area contributed by atoms with Gasteiger partial charge in [-0.3, -0.25) is 9.47 Å². The van der Waals surface area contributed by atoms with Crippen molar-refractivity contribution >= 4 is 5.69 Å². The number of quaternary nitrogens is 1. The van der Waals surface area contributed by atoms with Crippen molar-refractivity contribution in [1.29, 1.82) is 0 Å². The van der Waals surface area contributed by atoms with E-state index < -0.39 is 0 Å². The molecule has 0 aliphatic carbocycles. The Bertz CT molecular complexity index is 679. The zero-order valence-corrected chi connectivity index (χ0v) is 12.7. The number of nitrogens with zero attached hydrogens (tertiary/aromatic N) is 3. The van der Waals surface area contributed by atoms with Crippen molar-refractivity contribution < 1.29 is 9.80 Å². The minimum absolute atomic E-state index is 0.145. The molecule has 22 heavy (non-hydrogen) atoms. The van der Waals surface area contributed by atoms with Crippen LogP contribution >= 0.6 is 0 Å². The van der Waals surface area contributed by atoms with Crippen LogP contribution in [0.4, 0.5) is 5.69 Å². The monoisotopic (exact) mass is 300 g/mol. The summed E-state index contributed by atoms with van der Waals surface area (Å²) in [5.41, 5.74) is 3.78. The first kappa shape index (κ1) is 13.9. The first-order chi connectivity index (χ1) is 10.8. The summed E-state index contributed by atoms with van der Waals surface area (Å²) >= 11 is 0. The summed E-state index contributed by atoms with van der Waals surface area (Å²) in [6.07, 6.45) is 1.85. The standard InChI is InChI=1S/C16H20N4O2/c1-12-16-13(10-18-6-8-22-9-7-18)17-11-19(16)14-4-2-3-5-15(14)20(12)21/h2-5,11-12,20H,6-10H2,1H3. The lowest BCUT2D eigenvalue weighted by molar-refractivity contribution is -0.813. The van der Waals surface area contributed by atoms with E-state index in [1.54, 1.807) is 0 Å². The molecule has 4 rings (SSSR count). The highest BCUT2D eigenvalue weighted by Gasteiger charge is 2.32. The van der Waals surface area contributed by atoms with Gasteiger partial charge in [-0.2, -0.15) is 0 Å². The minimum Gasteiger partial charge on any atom is -0.628 e. The molecule has 2 unspecified atom stereocenters. The number of fused-ring (bicyclic) bond motifs is 3. The lowest BCUT2D eigenvalue weighted by Crippen LogP contribution is -3.03. The second-order valence-corrected chi connectivity index (χ2v) is 5.94. The number of rotatable bonds is 2. The summed E-state index contributed by atoms with van der Waals surface area (Å²) in [5, 5.41) is 12.8. The molecule has 0 spiro atoms. The molecular weight excluding hydrogens is 280 g/mol. The van der Waals surface area contributed by atoms with Gasteiger partial charge in [0.15, 0.2) is 5.69 Å². The van der Waals surface area contributed by atoms with Gasteiger partial charge in [-0.1, -0.05) is 12.1 Å². The van der Waals surface area contributed by atoms with Crippen LogP contribution in [-0.4, -0.2) is 40.8 Å². The summed E-state index contributed by atoms with van der Waals surface area (Å²) < 4.78 is 7.48. The highest BCUT2D eigenvalue weighted by atomic mass is 16.5. The Morgan fingerprint density at radius 1 is 1.32 bits per heavy atom. The molecule has 1 aromatic carbocycles. The van der Waals surface area contributed by atoms with Crippen molar-refractivity contribution in [2.75, 3.05) is 26.3 Å². The molecule has 1 fully saturated rings. The van der Waals surface area contributed by atoms with Crippen molar-refractivity contribution in [3.63, 3.8) is 0 Å². The van der Waals surface area contributed by atoms with Crippen LogP contribution in [0.25, 0.3) is 5.69 Å². The van der Waals surface area contributed by atoms with Crippen molar-refractivity contribution in [3.05, 3.63) is 47.2 Å². The zero-order chi connectivity index (χ0) is 15.1. The molecule has 0 amide bonds. The molecule has 0 saturated carbocycles. The predicted molar refractivity (Wildman–Crippen MR) is 82.1 cm³/mol. The number of hydrogen-bond donors (Lipinski definition) is 1. The highest BCUT2D eigenvalue weighted by molar-refractivity contribution is 5.55. The Balaban J connectivity index is 1.72. The van der Waals surface area contributed by atoms with Crippen LogP contribution in [0.15, 0.2) is 30.6 Å². The Kier molecular flexibility index (Phi) is 3.46. The van der Waals surface area contributed by atoms with Gasteiger partial charge in [0.2, 0.25) is 0 Å². The van der Waals surface area contributed by atoms with Crippen molar-refractivity contribution in [3.8, 4) is 5.69 Å². The van der Waals surface area contributed by atoms with E-state index in [0.29, 0.717) is 0 Å². The van der Waals surface area contributed by atoms with E-state index in [0.717, 1.165) is 55.6 Å². The molecular formula is C16H20N4O2. The van der Waals surface area contributed by atoms with Gasteiger partial charge in [-0.25, -0.2) is 4.98 Å². The Hall–Kier alpha value is -1.73. The maximum Gasteiger partial charge on any atom is 0.156 e. The van der Waals surface area contributed by atoms with E-state index in [2.05, 4.69) is 14.5 Å². The summed E-state index contributed by atoms with van der Waals surface area (Å²) in [4.78, 5) is 6.94. The number of para-hydroxylation sites is 2. The largest absolute Gasteiger partial charge is 0.628 e. The third-order valence-electron chi connectivity index (χ3n) is 4.59. The first-order valence-corrected chi connectivity index (χ1v) is 7.75. The Morgan fingerprint density at radius 2 is 2.09 bits per heavy atom. The molecule has 2 aliphatic heterocycles. The number of ether oxygens (including phenoxy) is 1. The number of hydroxylamine groups is 1. The van der Waals surface area contributed by atoms with Gasteiger partial charge in [0, 0.05) is 25.7 Å². The number of hydrogen-bond acceptors (Lipinski definition) is 4. The summed E-state index contributed by atoms with van der Waals surface area (Å²) in [6, 6.07) is 7.63. The second kappa shape index (κ2) is 5.48. The van der Waals surface area contributed by atoms with Crippen LogP contribution in [0.3, 0.4) is 0 Å². The van der Waals surface area contributed by atoms with Crippen LogP contribution < -0.4 is 5.06 Å². The number of morpholine rings is 1. The normalized spacial score (nSPS) is 24.8. The van der Waals surface area contributed by atoms with Crippen molar-refractivity contribution in [1.82, 2.24) is 14.5 Å². The average Bonchev–Trinajstić information content (AvgIpc) is 2.97. The van der Waals surface area contributed by atoms with E-state index in [1.165, 1.54) is 0 Å². The molecule has 1 aromatic heterocycles. The van der Waals surface area contributed by atoms with Crippen LogP contribution in [0.5, 0.6) is 0 Å². The van der Waals surface area contributed by atoms with Crippen LogP contribution in [0.2, 0.25) is 0 Å². The smallest absolute Gasteiger partial charge is 0.156 e. The summed E-state index contributed by atoms with van der Waals surface area (Å²) in [6.45, 7) is 6.15. The second-order valence-electron chi connectivity index (χ2n) is 5.94. The van der Waals surface area contributed by atoms with Crippen LogP contribution in [0.1, 0.15) is 24.4 Å². The molecule has 0 bridgehead atoms. The predicted octanol–water partition coefficient (Wildman–Crippen LogP) is 0.793. The van der Waals surface area contributed by atoms with E-state index in [9.17, 15) is 5.21 Å². The number of aromatic nitrogens is 2. The fourth-order valence-corrected chi connectivity index (χ4v) is 3.39. The molecule has 1 N–H and O–H groups in total. The number of imidazole rings is 1. The topological polar surface area (TPSA) is 57.8 Å². The zero-order valence-electron chi connectivity index (χ0n) is 12.7. The van der Waals surface area contributed by atoms with Crippen molar-refractivity contribution in [2.24, 2.45) is 0 Å². The molecule has 2 atom stereocenters. The number of nitrogens with one attached hydrogen (secondary N) is 1. The van der Waals surface area contributed by atoms with Gasteiger partial charge < -0.3 is 15.0 Å². The van der Waals surface area contributed by atoms with Gasteiger partial charge in [0.1, 0.15) is 23.8 Å². The molecule has 6 nitrogen and oxygen atoms in total. The SMILES string of the molecule is CC1c2c(CN3CCOCC3)ncn2-c2ccccc2[NH+]1[O-]. The van der Waals surface area contributed by atoms with Crippen LogP contribution in [0, 0.1) is 5.21 Å². The first-order valence-electron chi connectivity index (χ1n) is 7.75. The van der Waals surface area contributed by atoms with Crippen LogP contribution in [-0.2, 0) is 11.3 Å². The molecule has 116 valence electrons. The van der Waals surface area contributed by atoms with Gasteiger partial charge in [0.25, 0.3) is 0 Å². The van der Waals surface area contributed by atoms with E-state index >= 15 is 0 Å². The Morgan fingerprint density at radius 3 is 2.91 bits per heavy atom. The minimum atomic E-state index is -0.145. The average molecular weight is 300 g/mol. The molecule has 0 radical (unpaired) electrons. The fourth-order valence-electron chi connectivity index (χ4n) is 3.39. The lowest BCUT2D eigenvalue weighted by Gasteiger charge is -2.35. The summed E-state index contributed by atoms with van der Waals surface area (Å²) in [5.74, 6) is 0. The number of benzene rings is 1. The molecule has 1 saturated heterocycles. The fraction of sp³-hybridized carbons (Fsp3) is 0.438. The van der Waals surface area contributed by atoms with Crippen molar-refractivity contribution in [2.45, 2.75) is 19.5 Å². The maximum absolute atomic E-state index is 12.6. The van der Waals surface area contributed by atoms with Gasteiger partial charge >= 0.3 is 0 Å². The maximum atomic E-state index is 12.6. The van der Waals surface area contributed by atoms with E-state index in [1.807, 2.05) is 37.5 Å². The van der Waals surface area contributed by atoms with Gasteiger partial charge in [-0.15, -0.1) is 0 Å².